The number of hydrogen-bond acceptors (Lipinski definition) is 7. The first-order valence-electron chi connectivity index (χ1n) is 14.0. The van der Waals surface area contributed by atoms with Crippen LogP contribution in [0.5, 0.6) is 0 Å². The standard InChI is InChI=1S/C32H32N6O8/c1-32(22-14-12-21(13-15-22)27(33)34)30(45)37(31(46)38(32)17-19-8-4-2-5-9-19)18-24(39)35-23(16-25(40)41)28(42)36-26(29(43)44)20-10-6-3-7-11-20/h2-15,23,26H,16-18H2,1H3,(H3,33,34)(H,35,39)(H,36,42)(H,40,41)(H,43,44)/t23-,26-,32-/m0/s1. The summed E-state index contributed by atoms with van der Waals surface area (Å²) in [5.41, 5.74) is 5.68. The van der Waals surface area contributed by atoms with Gasteiger partial charge in [0.1, 0.15) is 24.0 Å². The van der Waals surface area contributed by atoms with Gasteiger partial charge in [-0.3, -0.25) is 29.5 Å². The lowest BCUT2D eigenvalue weighted by molar-refractivity contribution is -0.144. The Labute approximate surface area is 263 Å². The SMILES string of the molecule is C[C@]1(c2ccc(C(=N)N)cc2)C(=O)N(CC(=O)N[C@@H](CC(=O)O)C(=O)N[C@H](C(=O)O)c2ccccc2)C(=O)N1Cc1ccccc1. The molecule has 0 radical (unpaired) electrons. The Morgan fingerprint density at radius 3 is 2.02 bits per heavy atom. The van der Waals surface area contributed by atoms with Gasteiger partial charge in [-0.1, -0.05) is 84.9 Å². The summed E-state index contributed by atoms with van der Waals surface area (Å²) in [4.78, 5) is 79.4. The first kappa shape index (κ1) is 32.9. The molecule has 0 aliphatic carbocycles. The molecule has 5 amide bonds. The smallest absolute Gasteiger partial charge is 0.330 e. The Kier molecular flexibility index (Phi) is 9.80. The molecule has 1 aliphatic heterocycles. The van der Waals surface area contributed by atoms with Crippen molar-refractivity contribution >= 4 is 41.5 Å². The summed E-state index contributed by atoms with van der Waals surface area (Å²) in [6.45, 7) is 0.663. The zero-order chi connectivity index (χ0) is 33.6. The molecule has 3 aromatic carbocycles. The van der Waals surface area contributed by atoms with E-state index in [9.17, 15) is 39.0 Å². The first-order chi connectivity index (χ1) is 21.8. The number of carboxylic acids is 2. The van der Waals surface area contributed by atoms with Crippen LogP contribution in [0.2, 0.25) is 0 Å². The van der Waals surface area contributed by atoms with Crippen LogP contribution in [0, 0.1) is 5.41 Å². The van der Waals surface area contributed by atoms with Crippen molar-refractivity contribution in [3.8, 4) is 0 Å². The predicted molar refractivity (Wildman–Crippen MR) is 163 cm³/mol. The van der Waals surface area contributed by atoms with Crippen LogP contribution in [0.3, 0.4) is 0 Å². The molecule has 0 unspecified atom stereocenters. The quantitative estimate of drug-likeness (QED) is 0.0916. The molecular weight excluding hydrogens is 596 g/mol. The molecule has 14 heteroatoms. The minimum atomic E-state index is -1.73. The number of hydrogen-bond donors (Lipinski definition) is 6. The third kappa shape index (κ3) is 7.01. The van der Waals surface area contributed by atoms with Crippen molar-refractivity contribution in [1.82, 2.24) is 20.4 Å². The van der Waals surface area contributed by atoms with Crippen LogP contribution in [-0.4, -0.2) is 74.1 Å². The van der Waals surface area contributed by atoms with Crippen molar-refractivity contribution < 1.29 is 39.0 Å². The van der Waals surface area contributed by atoms with Gasteiger partial charge in [-0.25, -0.2) is 9.59 Å². The molecule has 3 aromatic rings. The normalized spacial score (nSPS) is 17.2. The zero-order valence-corrected chi connectivity index (χ0v) is 24.7. The molecule has 14 nitrogen and oxygen atoms in total. The van der Waals surface area contributed by atoms with Crippen molar-refractivity contribution in [3.05, 3.63) is 107 Å². The number of nitrogens with one attached hydrogen (secondary N) is 3. The summed E-state index contributed by atoms with van der Waals surface area (Å²) in [7, 11) is 0. The fraction of sp³-hybridized carbons (Fsp3) is 0.219. The number of nitrogen functional groups attached to an aromatic ring is 1. The number of nitrogens with zero attached hydrogens (tertiary/aromatic N) is 2. The van der Waals surface area contributed by atoms with Gasteiger partial charge in [0.05, 0.1) is 6.42 Å². The Morgan fingerprint density at radius 1 is 0.891 bits per heavy atom. The van der Waals surface area contributed by atoms with Gasteiger partial charge in [0, 0.05) is 12.1 Å². The lowest BCUT2D eigenvalue weighted by Crippen LogP contribution is -2.52. The molecule has 46 heavy (non-hydrogen) atoms. The van der Waals surface area contributed by atoms with E-state index >= 15 is 0 Å². The molecule has 1 fully saturated rings. The minimum absolute atomic E-state index is 0.00536. The van der Waals surface area contributed by atoms with Crippen LogP contribution in [-0.2, 0) is 36.1 Å². The van der Waals surface area contributed by atoms with E-state index < -0.39 is 66.3 Å². The third-order valence-electron chi connectivity index (χ3n) is 7.60. The van der Waals surface area contributed by atoms with Crippen molar-refractivity contribution in [2.75, 3.05) is 6.54 Å². The second-order valence-corrected chi connectivity index (χ2v) is 10.7. The zero-order valence-electron chi connectivity index (χ0n) is 24.7. The monoisotopic (exact) mass is 628 g/mol. The number of benzene rings is 3. The highest BCUT2D eigenvalue weighted by atomic mass is 16.4. The summed E-state index contributed by atoms with van der Waals surface area (Å²) in [6.07, 6.45) is -0.902. The first-order valence-corrected chi connectivity index (χ1v) is 14.0. The van der Waals surface area contributed by atoms with E-state index in [0.29, 0.717) is 21.6 Å². The Bertz CT molecular complexity index is 1660. The van der Waals surface area contributed by atoms with E-state index in [4.69, 9.17) is 11.1 Å². The average molecular weight is 629 g/mol. The number of carbonyl (C=O) groups is 6. The highest BCUT2D eigenvalue weighted by molar-refractivity contribution is 6.09. The van der Waals surface area contributed by atoms with Crippen LogP contribution < -0.4 is 16.4 Å². The van der Waals surface area contributed by atoms with Gasteiger partial charge in [-0.05, 0) is 23.6 Å². The summed E-state index contributed by atoms with van der Waals surface area (Å²) in [6, 6.07) is 18.6. The molecule has 7 N–H and O–H groups in total. The van der Waals surface area contributed by atoms with Crippen molar-refractivity contribution in [1.29, 1.82) is 5.41 Å². The molecule has 1 aliphatic rings. The van der Waals surface area contributed by atoms with Gasteiger partial charge in [0.25, 0.3) is 5.91 Å². The van der Waals surface area contributed by atoms with Gasteiger partial charge in [-0.2, -0.15) is 0 Å². The minimum Gasteiger partial charge on any atom is -0.481 e. The van der Waals surface area contributed by atoms with E-state index in [1.807, 2.05) is 0 Å². The van der Waals surface area contributed by atoms with Gasteiger partial charge >= 0.3 is 18.0 Å². The largest absolute Gasteiger partial charge is 0.481 e. The van der Waals surface area contributed by atoms with E-state index in [-0.39, 0.29) is 17.9 Å². The molecule has 3 atom stereocenters. The predicted octanol–water partition coefficient (Wildman–Crippen LogP) is 1.55. The fourth-order valence-electron chi connectivity index (χ4n) is 5.13. The number of amides is 5. The number of rotatable bonds is 13. The summed E-state index contributed by atoms with van der Waals surface area (Å²) in [5, 5.41) is 31.2. The molecule has 238 valence electrons. The van der Waals surface area contributed by atoms with Gasteiger partial charge < -0.3 is 31.5 Å². The molecule has 0 bridgehead atoms. The maximum absolute atomic E-state index is 13.9. The number of imide groups is 1. The van der Waals surface area contributed by atoms with Gasteiger partial charge in [0.2, 0.25) is 11.8 Å². The van der Waals surface area contributed by atoms with Crippen molar-refractivity contribution in [3.63, 3.8) is 0 Å². The van der Waals surface area contributed by atoms with E-state index in [1.165, 1.54) is 36.1 Å². The number of aliphatic carboxylic acids is 2. The fourth-order valence-corrected chi connectivity index (χ4v) is 5.13. The summed E-state index contributed by atoms with van der Waals surface area (Å²) >= 11 is 0. The Hall–Kier alpha value is -6.05. The molecule has 1 saturated heterocycles. The lowest BCUT2D eigenvalue weighted by Gasteiger charge is -2.32. The molecule has 0 saturated carbocycles. The number of carbonyl (C=O) groups excluding carboxylic acids is 4. The maximum atomic E-state index is 13.9. The molecule has 0 spiro atoms. The number of amidine groups is 1. The van der Waals surface area contributed by atoms with E-state index in [0.717, 1.165) is 0 Å². The highest BCUT2D eigenvalue weighted by Crippen LogP contribution is 2.38. The van der Waals surface area contributed by atoms with E-state index in [2.05, 4.69) is 10.6 Å². The molecule has 4 rings (SSSR count). The number of urea groups is 1. The number of nitrogens with two attached hydrogens (primary N) is 1. The van der Waals surface area contributed by atoms with Crippen LogP contribution in [0.4, 0.5) is 4.79 Å². The topological polar surface area (TPSA) is 223 Å². The average Bonchev–Trinajstić information content (AvgIpc) is 3.20. The molecular formula is C32H32N6O8. The third-order valence-corrected chi connectivity index (χ3v) is 7.60. The highest BCUT2D eigenvalue weighted by Gasteiger charge is 2.55. The second-order valence-electron chi connectivity index (χ2n) is 10.7. The van der Waals surface area contributed by atoms with E-state index in [1.54, 1.807) is 60.7 Å². The summed E-state index contributed by atoms with van der Waals surface area (Å²) in [5.74, 6) is -5.94. The number of carboxylic acid groups (broad SMARTS) is 2. The second kappa shape index (κ2) is 13.7. The Morgan fingerprint density at radius 2 is 1.48 bits per heavy atom. The molecule has 1 heterocycles. The molecule has 0 aromatic heterocycles. The van der Waals surface area contributed by atoms with Crippen molar-refractivity contribution in [2.45, 2.75) is 37.5 Å². The van der Waals surface area contributed by atoms with Gasteiger partial charge in [0.15, 0.2) is 6.04 Å². The summed E-state index contributed by atoms with van der Waals surface area (Å²) < 4.78 is 0. The van der Waals surface area contributed by atoms with Crippen LogP contribution in [0.25, 0.3) is 0 Å². The van der Waals surface area contributed by atoms with Crippen LogP contribution >= 0.6 is 0 Å². The lowest BCUT2D eigenvalue weighted by atomic mass is 9.89. The maximum Gasteiger partial charge on any atom is 0.330 e. The van der Waals surface area contributed by atoms with Gasteiger partial charge in [-0.15, -0.1) is 0 Å². The van der Waals surface area contributed by atoms with Crippen molar-refractivity contribution in [2.24, 2.45) is 5.73 Å². The Balaban J connectivity index is 1.58. The van der Waals surface area contributed by atoms with Crippen LogP contribution in [0.1, 0.15) is 41.6 Å². The van der Waals surface area contributed by atoms with Crippen LogP contribution in [0.15, 0.2) is 84.9 Å².